The van der Waals surface area contributed by atoms with Gasteiger partial charge in [0.15, 0.2) is 5.78 Å². The van der Waals surface area contributed by atoms with Crippen LogP contribution in [0.1, 0.15) is 25.5 Å². The monoisotopic (exact) mass is 342 g/mol. The number of halogens is 1. The van der Waals surface area contributed by atoms with Crippen molar-refractivity contribution in [3.63, 3.8) is 0 Å². The van der Waals surface area contributed by atoms with Crippen LogP contribution in [-0.2, 0) is 4.79 Å². The van der Waals surface area contributed by atoms with Crippen molar-refractivity contribution in [2.24, 2.45) is 0 Å². The number of aromatic nitrogens is 2. The fourth-order valence-electron chi connectivity index (χ4n) is 2.17. The van der Waals surface area contributed by atoms with Crippen molar-refractivity contribution in [3.05, 3.63) is 63.2 Å². The number of carbonyl (C=O) groups excluding carboxylic acids is 1. The summed E-state index contributed by atoms with van der Waals surface area (Å²) >= 11 is 5.93. The highest BCUT2D eigenvalue weighted by molar-refractivity contribution is 6.31. The topological polar surface area (TPSA) is 98.6 Å². The summed E-state index contributed by atoms with van der Waals surface area (Å²) in [5, 5.41) is 12.7. The number of pyridine rings is 2. The number of nitrogens with one attached hydrogen (secondary N) is 2. The summed E-state index contributed by atoms with van der Waals surface area (Å²) < 4.78 is 0. The minimum atomic E-state index is -0.428. The molecule has 2 aromatic heterocycles. The Morgan fingerprint density at radius 2 is 2.25 bits per heavy atom. The van der Waals surface area contributed by atoms with Gasteiger partial charge in [-0.2, -0.15) is 5.26 Å². The van der Waals surface area contributed by atoms with Crippen molar-refractivity contribution in [3.8, 4) is 6.07 Å². The molecule has 0 spiro atoms. The highest BCUT2D eigenvalue weighted by Gasteiger charge is 2.14. The molecule has 0 bridgehead atoms. The minimum absolute atomic E-state index is 0.202. The van der Waals surface area contributed by atoms with E-state index in [4.69, 9.17) is 16.9 Å². The van der Waals surface area contributed by atoms with E-state index in [1.807, 2.05) is 6.07 Å². The van der Waals surface area contributed by atoms with Crippen molar-refractivity contribution in [2.75, 3.05) is 0 Å². The number of rotatable bonds is 5. The Bertz CT molecular complexity index is 938. The quantitative estimate of drug-likeness (QED) is 0.494. The second-order valence-corrected chi connectivity index (χ2v) is 5.57. The Labute approximate surface area is 143 Å². The first kappa shape index (κ1) is 17.4. The smallest absolute Gasteiger partial charge is 0.254 e. The SMILES string of the molecule is CC(=O)/C(=C\C=C\C#N)N[C@@H](C)c1cc2cc(Cl)cnc2[nH]c1=O. The van der Waals surface area contributed by atoms with Crippen molar-refractivity contribution in [2.45, 2.75) is 19.9 Å². The second-order valence-electron chi connectivity index (χ2n) is 5.14. The van der Waals surface area contributed by atoms with Crippen LogP contribution in [0.2, 0.25) is 5.02 Å². The van der Waals surface area contributed by atoms with Gasteiger partial charge in [0.05, 0.1) is 22.8 Å². The van der Waals surface area contributed by atoms with E-state index in [1.165, 1.54) is 31.3 Å². The maximum atomic E-state index is 12.2. The number of aromatic amines is 1. The van der Waals surface area contributed by atoms with Crippen LogP contribution in [0.25, 0.3) is 11.0 Å². The lowest BCUT2D eigenvalue weighted by Crippen LogP contribution is -2.27. The number of carbonyl (C=O) groups is 1. The van der Waals surface area contributed by atoms with E-state index < -0.39 is 6.04 Å². The maximum absolute atomic E-state index is 12.2. The van der Waals surface area contributed by atoms with E-state index in [2.05, 4.69) is 15.3 Å². The molecule has 7 heteroatoms. The number of H-pyrrole nitrogens is 1. The third-order valence-corrected chi connectivity index (χ3v) is 3.55. The Hall–Kier alpha value is -2.91. The number of nitriles is 1. The summed E-state index contributed by atoms with van der Waals surface area (Å²) in [5.41, 5.74) is 0.896. The predicted molar refractivity (Wildman–Crippen MR) is 92.4 cm³/mol. The van der Waals surface area contributed by atoms with Gasteiger partial charge in [-0.05, 0) is 31.2 Å². The molecule has 0 aliphatic carbocycles. The lowest BCUT2D eigenvalue weighted by atomic mass is 10.1. The fourth-order valence-corrected chi connectivity index (χ4v) is 2.34. The summed E-state index contributed by atoms with van der Waals surface area (Å²) in [5.74, 6) is -0.202. The van der Waals surface area contributed by atoms with Gasteiger partial charge in [0.25, 0.3) is 5.56 Å². The average Bonchev–Trinajstić information content (AvgIpc) is 2.53. The van der Waals surface area contributed by atoms with Crippen LogP contribution in [0.5, 0.6) is 0 Å². The van der Waals surface area contributed by atoms with Crippen molar-refractivity contribution >= 4 is 28.4 Å². The summed E-state index contributed by atoms with van der Waals surface area (Å²) in [6.07, 6.45) is 5.67. The zero-order chi connectivity index (χ0) is 17.7. The van der Waals surface area contributed by atoms with Crippen molar-refractivity contribution < 1.29 is 4.79 Å². The Kier molecular flexibility index (Phi) is 5.51. The third kappa shape index (κ3) is 4.09. The lowest BCUT2D eigenvalue weighted by molar-refractivity contribution is -0.114. The molecule has 0 saturated carbocycles. The lowest BCUT2D eigenvalue weighted by Gasteiger charge is -2.16. The molecule has 0 fully saturated rings. The molecule has 24 heavy (non-hydrogen) atoms. The largest absolute Gasteiger partial charge is 0.375 e. The van der Waals surface area contributed by atoms with Gasteiger partial charge in [-0.3, -0.25) is 9.59 Å². The average molecular weight is 343 g/mol. The standard InChI is InChI=1S/C17H15ClN4O2/c1-10(21-15(11(2)23)5-3-4-6-19)14-8-12-7-13(18)9-20-16(12)22-17(14)24/h3-5,7-10,21H,1-2H3,(H,20,22,24)/b4-3+,15-5+/t10-/m0/s1. The number of hydrogen-bond donors (Lipinski definition) is 2. The molecule has 2 rings (SSSR count). The molecule has 0 aliphatic rings. The van der Waals surface area contributed by atoms with Crippen molar-refractivity contribution in [1.29, 1.82) is 5.26 Å². The van der Waals surface area contributed by atoms with E-state index in [0.717, 1.165) is 0 Å². The first-order valence-corrected chi connectivity index (χ1v) is 7.52. The molecular weight excluding hydrogens is 328 g/mol. The Balaban J connectivity index is 2.38. The van der Waals surface area contributed by atoms with Gasteiger partial charge in [0.1, 0.15) is 5.65 Å². The van der Waals surface area contributed by atoms with Crippen LogP contribution < -0.4 is 10.9 Å². The summed E-state index contributed by atoms with van der Waals surface area (Å²) in [6, 6.07) is 4.80. The van der Waals surface area contributed by atoms with Crippen LogP contribution in [0.3, 0.4) is 0 Å². The third-order valence-electron chi connectivity index (χ3n) is 3.34. The molecule has 0 radical (unpaired) electrons. The van der Waals surface area contributed by atoms with E-state index >= 15 is 0 Å². The molecule has 0 saturated heterocycles. The minimum Gasteiger partial charge on any atom is -0.375 e. The first-order valence-electron chi connectivity index (χ1n) is 7.14. The van der Waals surface area contributed by atoms with Gasteiger partial charge < -0.3 is 10.3 Å². The van der Waals surface area contributed by atoms with Gasteiger partial charge >= 0.3 is 0 Å². The van der Waals surface area contributed by atoms with Gasteiger partial charge in [-0.25, -0.2) is 4.98 Å². The van der Waals surface area contributed by atoms with E-state index in [0.29, 0.717) is 27.3 Å². The highest BCUT2D eigenvalue weighted by Crippen LogP contribution is 2.18. The van der Waals surface area contributed by atoms with Crippen LogP contribution in [0.4, 0.5) is 0 Å². The maximum Gasteiger partial charge on any atom is 0.254 e. The first-order chi connectivity index (χ1) is 11.4. The molecule has 0 amide bonds. The second kappa shape index (κ2) is 7.57. The zero-order valence-electron chi connectivity index (χ0n) is 13.1. The molecule has 2 heterocycles. The fraction of sp³-hybridized carbons (Fsp3) is 0.176. The normalized spacial score (nSPS) is 13.0. The number of Topliss-reactive ketones (excluding diaryl/α,β-unsaturated/α-hetero) is 1. The van der Waals surface area contributed by atoms with Gasteiger partial charge in [-0.1, -0.05) is 11.6 Å². The van der Waals surface area contributed by atoms with E-state index in [-0.39, 0.29) is 11.3 Å². The molecule has 0 aliphatic heterocycles. The number of ketones is 1. The zero-order valence-corrected chi connectivity index (χ0v) is 13.9. The Morgan fingerprint density at radius 3 is 2.92 bits per heavy atom. The summed E-state index contributed by atoms with van der Waals surface area (Å²) in [7, 11) is 0. The van der Waals surface area contributed by atoms with E-state index in [1.54, 1.807) is 19.1 Å². The molecular formula is C17H15ClN4O2. The van der Waals surface area contributed by atoms with E-state index in [9.17, 15) is 9.59 Å². The molecule has 0 aromatic carbocycles. The van der Waals surface area contributed by atoms with Gasteiger partial charge in [-0.15, -0.1) is 0 Å². The van der Waals surface area contributed by atoms with Crippen LogP contribution in [0, 0.1) is 11.3 Å². The van der Waals surface area contributed by atoms with Crippen LogP contribution >= 0.6 is 11.6 Å². The summed E-state index contributed by atoms with van der Waals surface area (Å²) in [4.78, 5) is 30.7. The molecule has 0 unspecified atom stereocenters. The molecule has 2 aromatic rings. The number of nitrogens with zero attached hydrogens (tertiary/aromatic N) is 2. The van der Waals surface area contributed by atoms with Gasteiger partial charge in [0.2, 0.25) is 0 Å². The van der Waals surface area contributed by atoms with Crippen molar-refractivity contribution in [1.82, 2.24) is 15.3 Å². The predicted octanol–water partition coefficient (Wildman–Crippen LogP) is 2.78. The number of allylic oxidation sites excluding steroid dienone is 4. The molecule has 122 valence electrons. The number of fused-ring (bicyclic) bond motifs is 1. The highest BCUT2D eigenvalue weighted by atomic mass is 35.5. The molecule has 2 N–H and O–H groups in total. The Morgan fingerprint density at radius 1 is 1.50 bits per heavy atom. The van der Waals surface area contributed by atoms with Crippen LogP contribution in [-0.4, -0.2) is 15.8 Å². The van der Waals surface area contributed by atoms with Crippen LogP contribution in [0.15, 0.2) is 47.0 Å². The molecule has 6 nitrogen and oxygen atoms in total. The molecule has 1 atom stereocenters. The summed E-state index contributed by atoms with van der Waals surface area (Å²) in [6.45, 7) is 3.17. The number of hydrogen-bond acceptors (Lipinski definition) is 5. The van der Waals surface area contributed by atoms with Gasteiger partial charge in [0, 0.05) is 30.1 Å².